The van der Waals surface area contributed by atoms with E-state index in [1.54, 1.807) is 0 Å². The number of benzene rings is 8. The molecule has 1 heterocycles. The molecule has 0 saturated heterocycles. The lowest BCUT2D eigenvalue weighted by Gasteiger charge is -2.19. The molecule has 224 valence electrons. The molecule has 0 aliphatic heterocycles. The van der Waals surface area contributed by atoms with Crippen LogP contribution >= 0.6 is 0 Å². The molecule has 0 atom stereocenters. The van der Waals surface area contributed by atoms with Gasteiger partial charge in [-0.2, -0.15) is 0 Å². The minimum Gasteiger partial charge on any atom is -0.309 e. The van der Waals surface area contributed by atoms with Gasteiger partial charge in [-0.15, -0.1) is 0 Å². The monoisotopic (exact) mass is 601 g/mol. The highest BCUT2D eigenvalue weighted by molar-refractivity contribution is 6.25. The first kappa shape index (κ1) is 27.6. The van der Waals surface area contributed by atoms with Gasteiger partial charge < -0.3 is 4.57 Å². The summed E-state index contributed by atoms with van der Waals surface area (Å²) in [6, 6.07) is 58.4. The van der Waals surface area contributed by atoms with E-state index in [2.05, 4.69) is 169 Å². The smallest absolute Gasteiger partial charge is 0.0619 e. The molecule has 0 N–H and O–H groups in total. The Labute approximate surface area is 275 Å². The van der Waals surface area contributed by atoms with Crippen molar-refractivity contribution in [3.63, 3.8) is 0 Å². The quantitative estimate of drug-likeness (QED) is 0.167. The average Bonchev–Trinajstić information content (AvgIpc) is 3.46. The van der Waals surface area contributed by atoms with Crippen LogP contribution in [-0.2, 0) is 6.42 Å². The van der Waals surface area contributed by atoms with Crippen molar-refractivity contribution in [2.24, 2.45) is 0 Å². The van der Waals surface area contributed by atoms with Gasteiger partial charge in [0, 0.05) is 22.0 Å². The fraction of sp³-hybridized carbons (Fsp3) is 0.0870. The molecular weight excluding hydrogens is 567 g/mol. The van der Waals surface area contributed by atoms with Gasteiger partial charge in [0.05, 0.1) is 11.0 Å². The Morgan fingerprint density at radius 3 is 1.77 bits per heavy atom. The molecule has 1 aromatic heterocycles. The van der Waals surface area contributed by atoms with Crippen molar-refractivity contribution in [3.05, 3.63) is 163 Å². The number of aryl methyl sites for hydroxylation is 1. The van der Waals surface area contributed by atoms with E-state index < -0.39 is 0 Å². The number of nitrogens with zero attached hydrogens (tertiary/aromatic N) is 1. The van der Waals surface area contributed by atoms with Crippen molar-refractivity contribution in [3.8, 4) is 27.9 Å². The van der Waals surface area contributed by atoms with Crippen LogP contribution in [0.4, 0.5) is 0 Å². The summed E-state index contributed by atoms with van der Waals surface area (Å²) in [7, 11) is 0. The van der Waals surface area contributed by atoms with Gasteiger partial charge in [0.15, 0.2) is 0 Å². The van der Waals surface area contributed by atoms with Crippen molar-refractivity contribution >= 4 is 54.1 Å². The molecule has 0 bridgehead atoms. The van der Waals surface area contributed by atoms with Crippen LogP contribution in [0.2, 0.25) is 0 Å². The van der Waals surface area contributed by atoms with Crippen molar-refractivity contribution in [2.45, 2.75) is 26.2 Å². The predicted octanol–water partition coefficient (Wildman–Crippen LogP) is 12.9. The first-order valence-electron chi connectivity index (χ1n) is 16.8. The van der Waals surface area contributed by atoms with Gasteiger partial charge in [0.2, 0.25) is 0 Å². The maximum Gasteiger partial charge on any atom is 0.0619 e. The largest absolute Gasteiger partial charge is 0.309 e. The molecule has 0 spiro atoms. The second kappa shape index (κ2) is 11.3. The van der Waals surface area contributed by atoms with Crippen molar-refractivity contribution in [1.82, 2.24) is 4.57 Å². The topological polar surface area (TPSA) is 4.93 Å². The Hall–Kier alpha value is -5.66. The summed E-state index contributed by atoms with van der Waals surface area (Å²) >= 11 is 0. The summed E-state index contributed by atoms with van der Waals surface area (Å²) in [5.74, 6) is 0. The Balaban J connectivity index is 1.43. The number of fused-ring (bicyclic) bond motifs is 6. The van der Waals surface area contributed by atoms with Gasteiger partial charge in [-0.1, -0.05) is 147 Å². The van der Waals surface area contributed by atoms with Crippen LogP contribution in [0.5, 0.6) is 0 Å². The molecular formula is C46H35N. The summed E-state index contributed by atoms with van der Waals surface area (Å²) in [5, 5.41) is 10.3. The average molecular weight is 602 g/mol. The third-order valence-electron chi connectivity index (χ3n) is 9.91. The molecule has 0 unspecified atom stereocenters. The SMILES string of the molecule is CCCCc1ccc2cc3c(cc2c1)c1cccc(-c2c4ccccc4c(-c4ccccc4)c4ccccc24)c1n3-c1ccccc1. The lowest BCUT2D eigenvalue weighted by Crippen LogP contribution is -1.97. The Morgan fingerprint density at radius 2 is 1.09 bits per heavy atom. The van der Waals surface area contributed by atoms with Gasteiger partial charge in [0.1, 0.15) is 0 Å². The third kappa shape index (κ3) is 4.46. The van der Waals surface area contributed by atoms with Crippen molar-refractivity contribution in [1.29, 1.82) is 0 Å². The predicted molar refractivity (Wildman–Crippen MR) is 203 cm³/mol. The van der Waals surface area contributed by atoms with E-state index in [0.717, 1.165) is 6.42 Å². The summed E-state index contributed by atoms with van der Waals surface area (Å²) in [5.41, 5.74) is 10.2. The normalized spacial score (nSPS) is 11.8. The molecule has 8 aromatic carbocycles. The number of para-hydroxylation sites is 2. The van der Waals surface area contributed by atoms with Crippen molar-refractivity contribution in [2.75, 3.05) is 0 Å². The van der Waals surface area contributed by atoms with Crippen LogP contribution in [0.1, 0.15) is 25.3 Å². The second-order valence-corrected chi connectivity index (χ2v) is 12.7. The van der Waals surface area contributed by atoms with Crippen molar-refractivity contribution < 1.29 is 0 Å². The zero-order valence-electron chi connectivity index (χ0n) is 26.6. The molecule has 0 amide bonds. The van der Waals surface area contributed by atoms with E-state index in [0.29, 0.717) is 0 Å². The first-order chi connectivity index (χ1) is 23.3. The van der Waals surface area contributed by atoms with E-state index in [4.69, 9.17) is 0 Å². The molecule has 9 aromatic rings. The van der Waals surface area contributed by atoms with E-state index >= 15 is 0 Å². The highest BCUT2D eigenvalue weighted by Gasteiger charge is 2.22. The fourth-order valence-corrected chi connectivity index (χ4v) is 7.78. The highest BCUT2D eigenvalue weighted by Crippen LogP contribution is 2.47. The lowest BCUT2D eigenvalue weighted by molar-refractivity contribution is 0.796. The number of rotatable bonds is 6. The van der Waals surface area contributed by atoms with Crippen LogP contribution in [0.25, 0.3) is 82.1 Å². The minimum atomic E-state index is 1.12. The number of aromatic nitrogens is 1. The van der Waals surface area contributed by atoms with Crippen LogP contribution in [0.15, 0.2) is 158 Å². The summed E-state index contributed by atoms with van der Waals surface area (Å²) in [6.45, 7) is 2.27. The summed E-state index contributed by atoms with van der Waals surface area (Å²) < 4.78 is 2.50. The summed E-state index contributed by atoms with van der Waals surface area (Å²) in [6.07, 6.45) is 3.55. The molecule has 0 saturated carbocycles. The highest BCUT2D eigenvalue weighted by atomic mass is 15.0. The third-order valence-corrected chi connectivity index (χ3v) is 9.91. The Bertz CT molecular complexity index is 2530. The lowest BCUT2D eigenvalue weighted by atomic mass is 9.85. The fourth-order valence-electron chi connectivity index (χ4n) is 7.78. The zero-order chi connectivity index (χ0) is 31.3. The molecule has 0 radical (unpaired) electrons. The van der Waals surface area contributed by atoms with E-state index in [1.165, 1.54) is 100 Å². The molecule has 0 aliphatic carbocycles. The van der Waals surface area contributed by atoms with E-state index in [9.17, 15) is 0 Å². The van der Waals surface area contributed by atoms with Gasteiger partial charge in [0.25, 0.3) is 0 Å². The Kier molecular flexibility index (Phi) is 6.64. The van der Waals surface area contributed by atoms with E-state index in [1.807, 2.05) is 0 Å². The second-order valence-electron chi connectivity index (χ2n) is 12.7. The number of hydrogen-bond donors (Lipinski definition) is 0. The number of hydrogen-bond acceptors (Lipinski definition) is 0. The van der Waals surface area contributed by atoms with Crippen LogP contribution in [0.3, 0.4) is 0 Å². The molecule has 1 heteroatoms. The van der Waals surface area contributed by atoms with Crippen LogP contribution in [-0.4, -0.2) is 4.57 Å². The van der Waals surface area contributed by atoms with Gasteiger partial charge >= 0.3 is 0 Å². The molecule has 1 nitrogen and oxygen atoms in total. The zero-order valence-corrected chi connectivity index (χ0v) is 26.6. The Morgan fingerprint density at radius 1 is 0.468 bits per heavy atom. The first-order valence-corrected chi connectivity index (χ1v) is 16.8. The van der Waals surface area contributed by atoms with Gasteiger partial charge in [-0.3, -0.25) is 0 Å². The summed E-state index contributed by atoms with van der Waals surface area (Å²) in [4.78, 5) is 0. The van der Waals surface area contributed by atoms with Crippen LogP contribution in [0, 0.1) is 0 Å². The maximum absolute atomic E-state index is 2.50. The minimum absolute atomic E-state index is 1.12. The number of unbranched alkanes of at least 4 members (excludes halogenated alkanes) is 1. The maximum atomic E-state index is 2.50. The molecule has 9 rings (SSSR count). The standard InChI is InChI=1S/C46H35N/c1-2-3-15-31-26-27-33-30-43-42(29-34(33)28-31)40-24-14-25-41(46(40)47(43)35-18-8-5-9-19-35)45-38-22-12-10-20-36(38)44(32-16-6-4-7-17-32)37-21-11-13-23-39(37)45/h4-14,16-30H,2-3,15H2,1H3. The van der Waals surface area contributed by atoms with Crippen LogP contribution < -0.4 is 0 Å². The van der Waals surface area contributed by atoms with E-state index in [-0.39, 0.29) is 0 Å². The molecule has 0 fully saturated rings. The molecule has 0 aliphatic rings. The van der Waals surface area contributed by atoms with Gasteiger partial charge in [-0.05, 0) is 91.7 Å². The molecule has 47 heavy (non-hydrogen) atoms. The van der Waals surface area contributed by atoms with Gasteiger partial charge in [-0.25, -0.2) is 0 Å².